The molecule has 1 amide bonds. The van der Waals surface area contributed by atoms with E-state index in [1.54, 1.807) is 48.8 Å². The first-order valence-corrected chi connectivity index (χ1v) is 8.62. The number of aromatic nitrogens is 2. The van der Waals surface area contributed by atoms with E-state index in [1.165, 1.54) is 0 Å². The second kappa shape index (κ2) is 7.56. The van der Waals surface area contributed by atoms with E-state index in [2.05, 4.69) is 26.7 Å². The summed E-state index contributed by atoms with van der Waals surface area (Å²) in [5.74, 6) is -0.387. The van der Waals surface area contributed by atoms with Gasteiger partial charge in [0.05, 0.1) is 22.5 Å². The Morgan fingerprint density at radius 2 is 1.71 bits per heavy atom. The molecule has 134 valence electrons. The number of carbonyl (C=O) groups excluding carboxylic acids is 1. The minimum atomic E-state index is -0.387. The number of amides is 1. The van der Waals surface area contributed by atoms with E-state index in [4.69, 9.17) is 5.26 Å². The highest BCUT2D eigenvalue weighted by atomic mass is 16.1. The fraction of sp³-hybridized carbons (Fsp3) is 0. The standard InChI is InChI=1S/C22H15N5O/c23-14-16-5-1-2-8-18(16)27-22(28)20-13-17(10-12-24-20)26-19-9-3-6-15-7-4-11-25-21(15)19/h1-13H,(H,24,26)(H,27,28). The van der Waals surface area contributed by atoms with Crippen LogP contribution in [0.1, 0.15) is 16.1 Å². The second-order valence-electron chi connectivity index (χ2n) is 6.05. The average Bonchev–Trinajstić information content (AvgIpc) is 2.74. The summed E-state index contributed by atoms with van der Waals surface area (Å²) in [6, 6.07) is 22.1. The normalized spacial score (nSPS) is 10.2. The topological polar surface area (TPSA) is 90.7 Å². The van der Waals surface area contributed by atoms with Gasteiger partial charge in [0.2, 0.25) is 0 Å². The number of rotatable bonds is 4. The van der Waals surface area contributed by atoms with E-state index in [9.17, 15) is 4.79 Å². The van der Waals surface area contributed by atoms with E-state index in [1.807, 2.05) is 30.3 Å². The number of anilines is 3. The smallest absolute Gasteiger partial charge is 0.274 e. The lowest BCUT2D eigenvalue weighted by molar-refractivity contribution is 0.102. The molecule has 0 saturated heterocycles. The maximum absolute atomic E-state index is 12.6. The lowest BCUT2D eigenvalue weighted by Gasteiger charge is -2.10. The van der Waals surface area contributed by atoms with E-state index in [0.717, 1.165) is 16.6 Å². The highest BCUT2D eigenvalue weighted by molar-refractivity contribution is 6.04. The van der Waals surface area contributed by atoms with Crippen molar-refractivity contribution in [3.05, 3.63) is 90.4 Å². The van der Waals surface area contributed by atoms with Gasteiger partial charge in [0.1, 0.15) is 11.8 Å². The zero-order chi connectivity index (χ0) is 19.3. The van der Waals surface area contributed by atoms with Crippen LogP contribution in [0, 0.1) is 11.3 Å². The molecule has 0 aliphatic carbocycles. The first kappa shape index (κ1) is 17.2. The van der Waals surface area contributed by atoms with Crippen molar-refractivity contribution in [3.8, 4) is 6.07 Å². The van der Waals surface area contributed by atoms with Crippen LogP contribution in [0.5, 0.6) is 0 Å². The predicted molar refractivity (Wildman–Crippen MR) is 108 cm³/mol. The highest BCUT2D eigenvalue weighted by Crippen LogP contribution is 2.25. The van der Waals surface area contributed by atoms with Gasteiger partial charge < -0.3 is 10.6 Å². The third-order valence-corrected chi connectivity index (χ3v) is 4.20. The molecule has 0 aliphatic rings. The molecule has 2 N–H and O–H groups in total. The molecule has 2 aromatic heterocycles. The largest absolute Gasteiger partial charge is 0.354 e. The molecular formula is C22H15N5O. The molecule has 0 unspecified atom stereocenters. The molecule has 0 fully saturated rings. The molecule has 0 spiro atoms. The van der Waals surface area contributed by atoms with Crippen molar-refractivity contribution < 1.29 is 4.79 Å². The monoisotopic (exact) mass is 365 g/mol. The molecule has 0 atom stereocenters. The van der Waals surface area contributed by atoms with Crippen molar-refractivity contribution >= 4 is 33.9 Å². The van der Waals surface area contributed by atoms with Gasteiger partial charge >= 0.3 is 0 Å². The summed E-state index contributed by atoms with van der Waals surface area (Å²) in [5, 5.41) is 16.2. The van der Waals surface area contributed by atoms with Crippen LogP contribution >= 0.6 is 0 Å². The van der Waals surface area contributed by atoms with Gasteiger partial charge in [-0.05, 0) is 36.4 Å². The van der Waals surface area contributed by atoms with Gasteiger partial charge in [-0.15, -0.1) is 0 Å². The van der Waals surface area contributed by atoms with Crippen molar-refractivity contribution in [1.29, 1.82) is 5.26 Å². The first-order chi connectivity index (χ1) is 13.7. The van der Waals surface area contributed by atoms with Crippen LogP contribution in [0.4, 0.5) is 17.1 Å². The van der Waals surface area contributed by atoms with Gasteiger partial charge in [0, 0.05) is 23.5 Å². The summed E-state index contributed by atoms with van der Waals surface area (Å²) >= 11 is 0. The van der Waals surface area contributed by atoms with E-state index in [-0.39, 0.29) is 11.6 Å². The fourth-order valence-electron chi connectivity index (χ4n) is 2.87. The molecular weight excluding hydrogens is 350 g/mol. The Balaban J connectivity index is 1.59. The Kier molecular flexibility index (Phi) is 4.64. The van der Waals surface area contributed by atoms with Gasteiger partial charge in [0.15, 0.2) is 0 Å². The summed E-state index contributed by atoms with van der Waals surface area (Å²) < 4.78 is 0. The van der Waals surface area contributed by atoms with Gasteiger partial charge in [-0.1, -0.05) is 30.3 Å². The molecule has 0 bridgehead atoms. The Bertz CT molecular complexity index is 1210. The molecule has 2 aromatic carbocycles. The SMILES string of the molecule is N#Cc1ccccc1NC(=O)c1cc(Nc2cccc3cccnc23)ccn1. The van der Waals surface area contributed by atoms with Crippen molar-refractivity contribution in [2.45, 2.75) is 0 Å². The number of nitriles is 1. The van der Waals surface area contributed by atoms with Gasteiger partial charge in [0.25, 0.3) is 5.91 Å². The number of nitrogens with zero attached hydrogens (tertiary/aromatic N) is 3. The first-order valence-electron chi connectivity index (χ1n) is 8.62. The Hall–Kier alpha value is -4.24. The molecule has 4 aromatic rings. The van der Waals surface area contributed by atoms with Crippen LogP contribution in [-0.4, -0.2) is 15.9 Å². The molecule has 6 nitrogen and oxygen atoms in total. The van der Waals surface area contributed by atoms with Gasteiger partial charge in [-0.3, -0.25) is 14.8 Å². The Morgan fingerprint density at radius 3 is 2.61 bits per heavy atom. The molecule has 6 heteroatoms. The molecule has 2 heterocycles. The van der Waals surface area contributed by atoms with Crippen molar-refractivity contribution in [2.75, 3.05) is 10.6 Å². The maximum atomic E-state index is 12.6. The number of para-hydroxylation sites is 2. The molecule has 4 rings (SSSR count). The number of carbonyl (C=O) groups is 1. The number of hydrogen-bond acceptors (Lipinski definition) is 5. The van der Waals surface area contributed by atoms with Gasteiger partial charge in [-0.25, -0.2) is 0 Å². The van der Waals surface area contributed by atoms with Crippen LogP contribution in [0.3, 0.4) is 0 Å². The van der Waals surface area contributed by atoms with E-state index in [0.29, 0.717) is 16.9 Å². The van der Waals surface area contributed by atoms with Gasteiger partial charge in [-0.2, -0.15) is 5.26 Å². The summed E-state index contributed by atoms with van der Waals surface area (Å²) in [6.07, 6.45) is 3.30. The quantitative estimate of drug-likeness (QED) is 0.556. The zero-order valence-corrected chi connectivity index (χ0v) is 14.8. The second-order valence-corrected chi connectivity index (χ2v) is 6.05. The van der Waals surface area contributed by atoms with E-state index >= 15 is 0 Å². The fourth-order valence-corrected chi connectivity index (χ4v) is 2.87. The predicted octanol–water partition coefficient (Wildman–Crippen LogP) is 4.50. The van der Waals surface area contributed by atoms with E-state index < -0.39 is 0 Å². The summed E-state index contributed by atoms with van der Waals surface area (Å²) in [7, 11) is 0. The van der Waals surface area contributed by atoms with Crippen molar-refractivity contribution in [3.63, 3.8) is 0 Å². The number of pyridine rings is 2. The van der Waals surface area contributed by atoms with Crippen LogP contribution in [0.2, 0.25) is 0 Å². The third kappa shape index (κ3) is 3.50. The number of nitrogens with one attached hydrogen (secondary N) is 2. The minimum absolute atomic E-state index is 0.242. The summed E-state index contributed by atoms with van der Waals surface area (Å²) in [6.45, 7) is 0. The third-order valence-electron chi connectivity index (χ3n) is 4.20. The Morgan fingerprint density at radius 1 is 0.893 bits per heavy atom. The lowest BCUT2D eigenvalue weighted by atomic mass is 10.2. The summed E-state index contributed by atoms with van der Waals surface area (Å²) in [4.78, 5) is 21.1. The van der Waals surface area contributed by atoms with Crippen LogP contribution < -0.4 is 10.6 Å². The Labute approximate surface area is 161 Å². The van der Waals surface area contributed by atoms with Crippen molar-refractivity contribution in [1.82, 2.24) is 9.97 Å². The van der Waals surface area contributed by atoms with Crippen molar-refractivity contribution in [2.24, 2.45) is 0 Å². The van der Waals surface area contributed by atoms with Crippen LogP contribution in [-0.2, 0) is 0 Å². The number of fused-ring (bicyclic) bond motifs is 1. The number of benzene rings is 2. The molecule has 0 radical (unpaired) electrons. The minimum Gasteiger partial charge on any atom is -0.354 e. The number of hydrogen-bond donors (Lipinski definition) is 2. The average molecular weight is 365 g/mol. The zero-order valence-electron chi connectivity index (χ0n) is 14.8. The van der Waals surface area contributed by atoms with Crippen LogP contribution in [0.25, 0.3) is 10.9 Å². The summed E-state index contributed by atoms with van der Waals surface area (Å²) in [5.41, 5.74) is 3.49. The molecule has 28 heavy (non-hydrogen) atoms. The maximum Gasteiger partial charge on any atom is 0.274 e. The lowest BCUT2D eigenvalue weighted by Crippen LogP contribution is -2.14. The molecule has 0 aliphatic heterocycles. The molecule has 0 saturated carbocycles. The highest BCUT2D eigenvalue weighted by Gasteiger charge is 2.11. The van der Waals surface area contributed by atoms with Crippen LogP contribution in [0.15, 0.2) is 79.1 Å².